The van der Waals surface area contributed by atoms with Gasteiger partial charge in [0.1, 0.15) is 0 Å². The SMILES string of the molecule is C1CCC(N(C2CCCCC2)C2CCC(C3CC4C5CCCCC5C(C5CCC(N(C6CCCCC6)C6CCCCC6)CC5)CC4C4CCCCC34)CC2)CC1. The monoisotopic (exact) mass is 769 g/mol. The average molecular weight is 769 g/mol. The molecule has 0 aromatic rings. The smallest absolute Gasteiger partial charge is 0.0101 e. The molecule has 0 heterocycles. The first kappa shape index (κ1) is 40.0. The van der Waals surface area contributed by atoms with Crippen LogP contribution in [0.25, 0.3) is 0 Å². The van der Waals surface area contributed by atoms with Crippen LogP contribution < -0.4 is 0 Å². The first-order valence-corrected chi connectivity index (χ1v) is 27.3. The van der Waals surface area contributed by atoms with Gasteiger partial charge in [-0.2, -0.15) is 0 Å². The fraction of sp³-hybridized carbons (Fsp3) is 1.00. The molecule has 0 spiro atoms. The van der Waals surface area contributed by atoms with Crippen LogP contribution >= 0.6 is 0 Å². The molecule has 10 fully saturated rings. The number of rotatable bonds is 8. The zero-order valence-electron chi connectivity index (χ0n) is 37.0. The highest BCUT2D eigenvalue weighted by atomic mass is 15.2. The minimum Gasteiger partial charge on any atom is -0.294 e. The third kappa shape index (κ3) is 8.42. The Morgan fingerprint density at radius 2 is 0.411 bits per heavy atom. The summed E-state index contributed by atoms with van der Waals surface area (Å²) in [6, 6.07) is 5.62. The van der Waals surface area contributed by atoms with Gasteiger partial charge in [0.2, 0.25) is 0 Å². The van der Waals surface area contributed by atoms with Crippen molar-refractivity contribution in [1.82, 2.24) is 9.80 Å². The quantitative estimate of drug-likeness (QED) is 0.243. The Morgan fingerprint density at radius 1 is 0.179 bits per heavy atom. The van der Waals surface area contributed by atoms with Crippen molar-refractivity contribution in [3.8, 4) is 0 Å². The number of nitrogens with zero attached hydrogens (tertiary/aromatic N) is 2. The van der Waals surface area contributed by atoms with E-state index in [1.54, 1.807) is 116 Å². The molecule has 0 N–H and O–H groups in total. The topological polar surface area (TPSA) is 6.48 Å². The highest BCUT2D eigenvalue weighted by Crippen LogP contribution is 2.64. The van der Waals surface area contributed by atoms with E-state index in [0.29, 0.717) is 0 Å². The lowest BCUT2D eigenvalue weighted by Gasteiger charge is -2.61. The van der Waals surface area contributed by atoms with E-state index in [9.17, 15) is 0 Å². The van der Waals surface area contributed by atoms with Crippen molar-refractivity contribution in [3.63, 3.8) is 0 Å². The molecular weight excluding hydrogens is 677 g/mol. The second kappa shape index (κ2) is 18.9. The third-order valence-corrected chi connectivity index (χ3v) is 21.1. The van der Waals surface area contributed by atoms with Crippen LogP contribution in [0.5, 0.6) is 0 Å². The summed E-state index contributed by atoms with van der Waals surface area (Å²) in [4.78, 5) is 6.53. The molecular formula is C54H92N2. The zero-order valence-corrected chi connectivity index (χ0v) is 37.0. The minimum absolute atomic E-state index is 0.932. The summed E-state index contributed by atoms with van der Waals surface area (Å²) >= 11 is 0. The van der Waals surface area contributed by atoms with Gasteiger partial charge >= 0.3 is 0 Å². The zero-order chi connectivity index (χ0) is 37.3. The molecule has 0 aromatic carbocycles. The second-order valence-electron chi connectivity index (χ2n) is 23.6. The molecule has 2 nitrogen and oxygen atoms in total. The Kier molecular flexibility index (Phi) is 13.5. The van der Waals surface area contributed by atoms with Crippen LogP contribution in [0.15, 0.2) is 0 Å². The standard InChI is InChI=1S/C54H92N2/c1-5-17-41(18-6-1)55(42-19-7-2-8-20-42)45-33-29-39(30-34-45)51-37-53-50-28-16-14-26-48(50)52(38-54(53)49-27-15-13-25-47(49)51)40-31-35-46(36-32-40)56(43-21-9-3-10-22-43)44-23-11-4-12-24-44/h39-54H,1-38H2. The lowest BCUT2D eigenvalue weighted by atomic mass is 9.44. The molecule has 0 aromatic heterocycles. The predicted molar refractivity (Wildman–Crippen MR) is 237 cm³/mol. The molecule has 0 aliphatic heterocycles. The number of hydrogen-bond acceptors (Lipinski definition) is 2. The summed E-state index contributed by atoms with van der Waals surface area (Å²) in [6.45, 7) is 0. The Bertz CT molecular complexity index is 1040. The molecule has 0 amide bonds. The Labute approximate surface area is 348 Å². The Balaban J connectivity index is 0.818. The maximum absolute atomic E-state index is 3.26. The van der Waals surface area contributed by atoms with Crippen LogP contribution in [0.3, 0.4) is 0 Å². The summed E-state index contributed by atoms with van der Waals surface area (Å²) in [7, 11) is 0. The van der Waals surface area contributed by atoms with Crippen molar-refractivity contribution in [2.75, 3.05) is 0 Å². The van der Waals surface area contributed by atoms with E-state index in [2.05, 4.69) is 9.80 Å². The van der Waals surface area contributed by atoms with Gasteiger partial charge in [-0.05, 0) is 200 Å². The Hall–Kier alpha value is -0.0800. The van der Waals surface area contributed by atoms with E-state index in [1.165, 1.54) is 128 Å². The summed E-state index contributed by atoms with van der Waals surface area (Å²) < 4.78 is 0. The van der Waals surface area contributed by atoms with Gasteiger partial charge in [0.05, 0.1) is 0 Å². The molecule has 318 valence electrons. The van der Waals surface area contributed by atoms with Crippen molar-refractivity contribution in [2.24, 2.45) is 59.2 Å². The molecule has 0 saturated heterocycles. The lowest BCUT2D eigenvalue weighted by molar-refractivity contribution is -0.121. The van der Waals surface area contributed by atoms with Crippen LogP contribution in [0, 0.1) is 59.2 Å². The molecule has 10 aliphatic carbocycles. The van der Waals surface area contributed by atoms with E-state index in [0.717, 1.165) is 95.4 Å². The summed E-state index contributed by atoms with van der Waals surface area (Å²) in [5, 5.41) is 0. The van der Waals surface area contributed by atoms with E-state index in [4.69, 9.17) is 0 Å². The van der Waals surface area contributed by atoms with Gasteiger partial charge in [0.25, 0.3) is 0 Å². The van der Waals surface area contributed by atoms with E-state index >= 15 is 0 Å². The van der Waals surface area contributed by atoms with Gasteiger partial charge in [0.15, 0.2) is 0 Å². The largest absolute Gasteiger partial charge is 0.294 e. The normalized spacial score (nSPS) is 44.2. The van der Waals surface area contributed by atoms with Crippen LogP contribution in [0.1, 0.15) is 244 Å². The van der Waals surface area contributed by atoms with E-state index in [1.807, 2.05) is 0 Å². The van der Waals surface area contributed by atoms with E-state index < -0.39 is 0 Å². The van der Waals surface area contributed by atoms with Crippen molar-refractivity contribution in [1.29, 1.82) is 0 Å². The van der Waals surface area contributed by atoms with Crippen LogP contribution in [0.2, 0.25) is 0 Å². The fourth-order valence-corrected chi connectivity index (χ4v) is 18.9. The molecule has 56 heavy (non-hydrogen) atoms. The summed E-state index contributed by atoms with van der Waals surface area (Å²) in [6.07, 6.45) is 59.2. The lowest BCUT2D eigenvalue weighted by Crippen LogP contribution is -2.55. The first-order valence-electron chi connectivity index (χ1n) is 27.3. The van der Waals surface area contributed by atoms with Gasteiger partial charge in [-0.1, -0.05) is 103 Å². The number of hydrogen-bond donors (Lipinski definition) is 0. The van der Waals surface area contributed by atoms with Gasteiger partial charge < -0.3 is 0 Å². The third-order valence-electron chi connectivity index (χ3n) is 21.1. The molecule has 8 atom stereocenters. The van der Waals surface area contributed by atoms with Crippen LogP contribution in [-0.4, -0.2) is 46.1 Å². The fourth-order valence-electron chi connectivity index (χ4n) is 18.9. The van der Waals surface area contributed by atoms with Gasteiger partial charge in [-0.15, -0.1) is 0 Å². The molecule has 10 rings (SSSR count). The average Bonchev–Trinajstić information content (AvgIpc) is 3.28. The molecule has 2 heteroatoms. The summed E-state index contributed by atoms with van der Waals surface area (Å²) in [5.41, 5.74) is 0. The molecule has 0 bridgehead atoms. The van der Waals surface area contributed by atoms with Crippen molar-refractivity contribution < 1.29 is 0 Å². The maximum Gasteiger partial charge on any atom is 0.0101 e. The minimum atomic E-state index is 0.932. The highest BCUT2D eigenvalue weighted by molar-refractivity contribution is 5.06. The maximum atomic E-state index is 3.26. The summed E-state index contributed by atoms with van der Waals surface area (Å²) in [5.74, 6) is 11.0. The Morgan fingerprint density at radius 3 is 0.696 bits per heavy atom. The predicted octanol–water partition coefficient (Wildman–Crippen LogP) is 14.9. The van der Waals surface area contributed by atoms with Crippen LogP contribution in [0.4, 0.5) is 0 Å². The first-order chi connectivity index (χ1) is 27.8. The van der Waals surface area contributed by atoms with Gasteiger partial charge in [-0.3, -0.25) is 9.80 Å². The number of fused-ring (bicyclic) bond motifs is 5. The van der Waals surface area contributed by atoms with Gasteiger partial charge in [-0.25, -0.2) is 0 Å². The molecule has 10 saturated carbocycles. The molecule has 10 aliphatic rings. The molecule has 8 unspecified atom stereocenters. The van der Waals surface area contributed by atoms with E-state index in [-0.39, 0.29) is 0 Å². The van der Waals surface area contributed by atoms with Crippen molar-refractivity contribution in [3.05, 3.63) is 0 Å². The van der Waals surface area contributed by atoms with Crippen molar-refractivity contribution in [2.45, 2.75) is 280 Å². The second-order valence-corrected chi connectivity index (χ2v) is 23.6. The van der Waals surface area contributed by atoms with Gasteiger partial charge in [0, 0.05) is 36.3 Å². The van der Waals surface area contributed by atoms with Crippen LogP contribution in [-0.2, 0) is 0 Å². The highest BCUT2D eigenvalue weighted by Gasteiger charge is 2.56. The van der Waals surface area contributed by atoms with Crippen molar-refractivity contribution >= 4 is 0 Å². The molecule has 0 radical (unpaired) electrons.